The summed E-state index contributed by atoms with van der Waals surface area (Å²) >= 11 is 3.28. The topological polar surface area (TPSA) is 297 Å². The van der Waals surface area contributed by atoms with Crippen molar-refractivity contribution in [3.63, 3.8) is 0 Å². The molecule has 0 aliphatic carbocycles. The zero-order chi connectivity index (χ0) is 74.2. The van der Waals surface area contributed by atoms with Gasteiger partial charge in [0, 0.05) is 114 Å². The van der Waals surface area contributed by atoms with E-state index in [9.17, 15) is 77.0 Å². The van der Waals surface area contributed by atoms with E-state index in [1.54, 1.807) is 39.8 Å². The standard InChI is InChI=1S/C14H8BrF3N2O3.2C14H9F3N2O3.C12H9F3N2O3.C8H18O3.CH4O/c1-7-19-11-12(22-7)10(15)6-20(13(11)21)8-2-4-9(5-3-8)23-14(16,17)18;2*1-8-18-12-11(21-8)6-7-19(13(12)20)9-2-4-10(5-3-9)22-14(15,16)17;13-12(14,15)20-8-3-1-7(2-4-8)17-6-5-9(18)10(16)11(17)19;1-5-9-8(4,10-6-2)11-7-3;1-2/h2-6H,1H3;2*2-7H,1H3;1-6,18H,16H2;5-7H2,1-4H3;2H,1H3. The van der Waals surface area contributed by atoms with E-state index in [2.05, 4.69) is 49.8 Å². The molecule has 7 heterocycles. The number of rotatable bonds is 14. The lowest BCUT2D eigenvalue weighted by molar-refractivity contribution is -0.365. The molecule has 4 N–H and O–H groups in total. The molecular formula is C63H57BrF12N8O16. The van der Waals surface area contributed by atoms with Crippen LogP contribution in [0.1, 0.15) is 45.4 Å². The fraction of sp³-hybridized carbons (Fsp3) is 0.254. The van der Waals surface area contributed by atoms with Crippen LogP contribution in [0.5, 0.6) is 28.7 Å². The molecule has 0 fully saturated rings. The molecule has 0 spiro atoms. The summed E-state index contributed by atoms with van der Waals surface area (Å²) in [6, 6.07) is 23.9. The van der Waals surface area contributed by atoms with Crippen molar-refractivity contribution in [2.24, 2.45) is 0 Å². The first-order chi connectivity index (χ1) is 46.9. The smallest absolute Gasteiger partial charge is 0.506 e. The first-order valence-electron chi connectivity index (χ1n) is 28.5. The number of aliphatic hydroxyl groups excluding tert-OH is 1. The van der Waals surface area contributed by atoms with Crippen molar-refractivity contribution in [1.82, 2.24) is 33.2 Å². The molecule has 0 bridgehead atoms. The third-order valence-corrected chi connectivity index (χ3v) is 13.0. The van der Waals surface area contributed by atoms with E-state index in [-0.39, 0.29) is 50.9 Å². The Kier molecular flexibility index (Phi) is 26.1. The van der Waals surface area contributed by atoms with Crippen LogP contribution in [-0.2, 0) is 14.2 Å². The normalized spacial score (nSPS) is 11.6. The largest absolute Gasteiger partial charge is 0.573 e. The van der Waals surface area contributed by atoms with Crippen LogP contribution in [0.25, 0.3) is 56.0 Å². The van der Waals surface area contributed by atoms with E-state index in [1.807, 2.05) is 20.8 Å². The molecule has 11 rings (SSSR count). The maximum Gasteiger partial charge on any atom is 0.573 e. The average Bonchev–Trinajstić information content (AvgIpc) is 1.59. The van der Waals surface area contributed by atoms with E-state index < -0.39 is 59.4 Å². The van der Waals surface area contributed by atoms with Gasteiger partial charge < -0.3 is 62.4 Å². The van der Waals surface area contributed by atoms with Crippen molar-refractivity contribution in [2.75, 3.05) is 32.7 Å². The summed E-state index contributed by atoms with van der Waals surface area (Å²) in [5, 5.41) is 16.3. The van der Waals surface area contributed by atoms with Crippen LogP contribution in [-0.4, -0.2) is 102 Å². The van der Waals surface area contributed by atoms with Gasteiger partial charge in [0.2, 0.25) is 0 Å². The molecule has 0 aliphatic heterocycles. The predicted octanol–water partition coefficient (Wildman–Crippen LogP) is 13.7. The van der Waals surface area contributed by atoms with Gasteiger partial charge in [-0.1, -0.05) is 0 Å². The van der Waals surface area contributed by atoms with Crippen LogP contribution in [0.4, 0.5) is 58.4 Å². The molecule has 100 heavy (non-hydrogen) atoms. The molecule has 0 saturated carbocycles. The van der Waals surface area contributed by atoms with Crippen LogP contribution in [0.2, 0.25) is 0 Å². The predicted molar refractivity (Wildman–Crippen MR) is 337 cm³/mol. The van der Waals surface area contributed by atoms with Gasteiger partial charge in [0.05, 0.1) is 4.47 Å². The number of ether oxygens (including phenoxy) is 7. The number of aromatic hydroxyl groups is 1. The van der Waals surface area contributed by atoms with Gasteiger partial charge in [0.15, 0.2) is 51.0 Å². The molecule has 0 unspecified atom stereocenters. The number of aromatic nitrogens is 7. The molecule has 0 radical (unpaired) electrons. The summed E-state index contributed by atoms with van der Waals surface area (Å²) in [6.07, 6.45) is -13.4. The second-order valence-electron chi connectivity index (χ2n) is 19.6. The minimum atomic E-state index is -4.78. The number of fused-ring (bicyclic) bond motifs is 3. The molecule has 24 nitrogen and oxygen atoms in total. The second-order valence-corrected chi connectivity index (χ2v) is 20.4. The number of oxazole rings is 3. The SMILES string of the molecule is CCOC(C)(OCC)OCC.CO.Cc1nc2c(=O)n(-c3ccc(OC(F)(F)F)cc3)cc(Br)c2o1.Cc1nc2c(=O)n(-c3ccc(OC(F)(F)F)cc3)ccc2o1.Cc1nc2c(=O)n(-c3ccc(OC(F)(F)F)cc3)ccc2o1.Nc1c(O)ccn(-c2ccc(OC(F)(F)F)cc2)c1=O. The van der Waals surface area contributed by atoms with Crippen LogP contribution >= 0.6 is 15.9 Å². The summed E-state index contributed by atoms with van der Waals surface area (Å²) in [5.41, 5.74) is 6.01. The van der Waals surface area contributed by atoms with Crippen molar-refractivity contribution in [2.45, 2.75) is 79.9 Å². The Morgan fingerprint density at radius 3 is 1.04 bits per heavy atom. The zero-order valence-electron chi connectivity index (χ0n) is 53.1. The number of anilines is 1. The van der Waals surface area contributed by atoms with Gasteiger partial charge >= 0.3 is 25.4 Å². The highest BCUT2D eigenvalue weighted by Crippen LogP contribution is 2.30. The Morgan fingerprint density at radius 1 is 0.440 bits per heavy atom. The molecule has 7 aromatic heterocycles. The lowest BCUT2D eigenvalue weighted by Crippen LogP contribution is -2.35. The molecule has 536 valence electrons. The summed E-state index contributed by atoms with van der Waals surface area (Å²) < 4.78 is 197. The van der Waals surface area contributed by atoms with Gasteiger partial charge in [-0.3, -0.25) is 37.4 Å². The number of pyridine rings is 4. The van der Waals surface area contributed by atoms with E-state index >= 15 is 0 Å². The molecule has 0 atom stereocenters. The average molecular weight is 1490 g/mol. The van der Waals surface area contributed by atoms with E-state index in [4.69, 9.17) is 38.3 Å². The summed E-state index contributed by atoms with van der Waals surface area (Å²) in [5.74, 6) is -1.64. The summed E-state index contributed by atoms with van der Waals surface area (Å²) in [4.78, 5) is 60.8. The lowest BCUT2D eigenvalue weighted by Gasteiger charge is -2.27. The van der Waals surface area contributed by atoms with Crippen LogP contribution in [0, 0.1) is 20.8 Å². The fourth-order valence-corrected chi connectivity index (χ4v) is 9.11. The third kappa shape index (κ3) is 21.9. The number of hydrogen-bond donors (Lipinski definition) is 3. The molecular weight excluding hydrogens is 1430 g/mol. The maximum atomic E-state index is 12.4. The molecule has 11 aromatic rings. The van der Waals surface area contributed by atoms with Crippen LogP contribution in [0.3, 0.4) is 0 Å². The third-order valence-electron chi connectivity index (χ3n) is 12.4. The van der Waals surface area contributed by atoms with Crippen LogP contribution < -0.4 is 46.9 Å². The molecule has 0 saturated heterocycles. The van der Waals surface area contributed by atoms with E-state index in [0.29, 0.717) is 75.8 Å². The van der Waals surface area contributed by atoms with Gasteiger partial charge in [-0.25, -0.2) is 15.0 Å². The number of halogens is 13. The summed E-state index contributed by atoms with van der Waals surface area (Å²) in [7, 11) is 1.00. The summed E-state index contributed by atoms with van der Waals surface area (Å²) in [6.45, 7) is 14.1. The molecule has 37 heteroatoms. The highest BCUT2D eigenvalue weighted by molar-refractivity contribution is 9.10. The Morgan fingerprint density at radius 2 is 0.720 bits per heavy atom. The maximum absolute atomic E-state index is 12.4. The highest BCUT2D eigenvalue weighted by atomic mass is 79.9. The van der Waals surface area contributed by atoms with Gasteiger partial charge in [0.25, 0.3) is 28.2 Å². The van der Waals surface area contributed by atoms with Crippen molar-refractivity contribution in [1.29, 1.82) is 0 Å². The minimum absolute atomic E-state index is 0.132. The Hall–Kier alpha value is -10.6. The first-order valence-corrected chi connectivity index (χ1v) is 29.3. The highest BCUT2D eigenvalue weighted by Gasteiger charge is 2.34. The molecule has 0 aliphatic rings. The Balaban J connectivity index is 0.000000199. The van der Waals surface area contributed by atoms with Crippen molar-refractivity contribution >= 4 is 54.9 Å². The number of aliphatic hydroxyl groups is 1. The van der Waals surface area contributed by atoms with Gasteiger partial charge in [-0.15, -0.1) is 52.7 Å². The van der Waals surface area contributed by atoms with Gasteiger partial charge in [-0.2, -0.15) is 0 Å². The lowest BCUT2D eigenvalue weighted by atomic mass is 10.3. The number of benzene rings is 4. The number of alkyl halides is 12. The van der Waals surface area contributed by atoms with Crippen LogP contribution in [0.15, 0.2) is 177 Å². The number of nitrogens with two attached hydrogens (primary N) is 1. The fourth-order valence-electron chi connectivity index (χ4n) is 8.63. The quantitative estimate of drug-likeness (QED) is 0.0673. The number of hydrogen-bond acceptors (Lipinski definition) is 20. The zero-order valence-corrected chi connectivity index (χ0v) is 54.7. The van der Waals surface area contributed by atoms with Crippen molar-refractivity contribution in [3.8, 4) is 51.5 Å². The Bertz CT molecular complexity index is 4590. The van der Waals surface area contributed by atoms with Crippen molar-refractivity contribution < 1.29 is 109 Å². The van der Waals surface area contributed by atoms with E-state index in [0.717, 1.165) is 60.2 Å². The van der Waals surface area contributed by atoms with Crippen molar-refractivity contribution in [3.05, 3.63) is 204 Å². The van der Waals surface area contributed by atoms with E-state index in [1.165, 1.54) is 93.1 Å². The number of nitrogens with zero attached hydrogens (tertiary/aromatic N) is 7. The van der Waals surface area contributed by atoms with Gasteiger partial charge in [-0.05, 0) is 140 Å². The first kappa shape index (κ1) is 78.4. The molecule has 4 aromatic carbocycles. The number of aryl methyl sites for hydroxylation is 3. The molecule has 0 amide bonds. The minimum Gasteiger partial charge on any atom is -0.506 e. The Labute approximate surface area is 563 Å². The second kappa shape index (κ2) is 33.3. The number of nitrogen functional groups attached to an aromatic ring is 1. The monoisotopic (exact) mass is 1490 g/mol. The van der Waals surface area contributed by atoms with Gasteiger partial charge in [0.1, 0.15) is 34.4 Å².